The Morgan fingerprint density at radius 3 is 2.52 bits per heavy atom. The third kappa shape index (κ3) is 6.72. The normalized spacial score (nSPS) is 11.3. The average Bonchev–Trinajstić information content (AvgIpc) is 3.22. The molecule has 29 heavy (non-hydrogen) atoms. The summed E-state index contributed by atoms with van der Waals surface area (Å²) in [4.78, 5) is 46.9. The third-order valence-corrected chi connectivity index (χ3v) is 3.44. The van der Waals surface area contributed by atoms with Gasteiger partial charge in [-0.2, -0.15) is 0 Å². The number of anilines is 1. The van der Waals surface area contributed by atoms with E-state index in [1.807, 2.05) is 0 Å². The number of furan rings is 1. The fraction of sp³-hybridized carbons (Fsp3) is 0.222. The molecule has 154 valence electrons. The Bertz CT molecular complexity index is 901. The molecule has 0 aliphatic carbocycles. The first-order chi connectivity index (χ1) is 13.8. The summed E-state index contributed by atoms with van der Waals surface area (Å²) < 4.78 is 35.5. The zero-order valence-electron chi connectivity index (χ0n) is 15.2. The molecule has 1 heterocycles. The predicted molar refractivity (Wildman–Crippen MR) is 94.6 cm³/mol. The van der Waals surface area contributed by atoms with Crippen LogP contribution in [0.1, 0.15) is 17.5 Å². The maximum Gasteiger partial charge on any atom is 0.328 e. The summed E-state index contributed by atoms with van der Waals surface area (Å²) in [6, 6.07) is 4.65. The molecule has 0 aliphatic heterocycles. The smallest absolute Gasteiger partial charge is 0.328 e. The molecule has 0 saturated carbocycles. The summed E-state index contributed by atoms with van der Waals surface area (Å²) in [6.45, 7) is 0.189. The van der Waals surface area contributed by atoms with Crippen LogP contribution in [0.4, 0.5) is 14.5 Å². The highest BCUT2D eigenvalue weighted by Crippen LogP contribution is 2.12. The second kappa shape index (κ2) is 9.97. The molecule has 3 N–H and O–H groups in total. The van der Waals surface area contributed by atoms with Crippen molar-refractivity contribution in [1.29, 1.82) is 0 Å². The van der Waals surface area contributed by atoms with Crippen molar-refractivity contribution < 1.29 is 37.1 Å². The van der Waals surface area contributed by atoms with E-state index in [-0.39, 0.29) is 11.4 Å². The van der Waals surface area contributed by atoms with Gasteiger partial charge in [0.15, 0.2) is 24.0 Å². The van der Waals surface area contributed by atoms with E-state index >= 15 is 0 Å². The van der Waals surface area contributed by atoms with E-state index in [0.717, 1.165) is 18.2 Å². The lowest BCUT2D eigenvalue weighted by atomic mass is 10.3. The Morgan fingerprint density at radius 2 is 1.86 bits per heavy atom. The Balaban J connectivity index is 1.69. The molecule has 0 spiro atoms. The number of amides is 3. The first kappa shape index (κ1) is 21.5. The first-order valence-corrected chi connectivity index (χ1v) is 8.29. The molecule has 2 rings (SSSR count). The van der Waals surface area contributed by atoms with Crippen LogP contribution in [-0.2, 0) is 19.1 Å². The average molecular weight is 409 g/mol. The van der Waals surface area contributed by atoms with Gasteiger partial charge in [-0.15, -0.1) is 0 Å². The quantitative estimate of drug-likeness (QED) is 0.558. The molecule has 0 fully saturated rings. The number of ether oxygens (including phenoxy) is 1. The zero-order valence-corrected chi connectivity index (χ0v) is 15.2. The van der Waals surface area contributed by atoms with E-state index in [1.165, 1.54) is 25.3 Å². The van der Waals surface area contributed by atoms with Crippen LogP contribution < -0.4 is 16.0 Å². The lowest BCUT2D eigenvalue weighted by molar-refractivity contribution is -0.150. The van der Waals surface area contributed by atoms with Crippen LogP contribution in [0.2, 0.25) is 0 Å². The molecule has 1 aromatic carbocycles. The van der Waals surface area contributed by atoms with Gasteiger partial charge in [0.2, 0.25) is 5.91 Å². The van der Waals surface area contributed by atoms with Gasteiger partial charge in [-0.3, -0.25) is 14.4 Å². The van der Waals surface area contributed by atoms with Crippen LogP contribution in [0.25, 0.3) is 0 Å². The summed E-state index contributed by atoms with van der Waals surface area (Å²) in [5.41, 5.74) is 0.00991. The molecule has 1 atom stereocenters. The monoisotopic (exact) mass is 409 g/mol. The molecule has 0 bridgehead atoms. The highest BCUT2D eigenvalue weighted by molar-refractivity contribution is 5.96. The highest BCUT2D eigenvalue weighted by atomic mass is 19.2. The van der Waals surface area contributed by atoms with Crippen LogP contribution in [-0.4, -0.2) is 42.9 Å². The van der Waals surface area contributed by atoms with Crippen molar-refractivity contribution in [1.82, 2.24) is 10.6 Å². The Hall–Kier alpha value is -3.76. The zero-order chi connectivity index (χ0) is 21.4. The van der Waals surface area contributed by atoms with Crippen molar-refractivity contribution in [3.05, 3.63) is 54.0 Å². The molecule has 1 aromatic heterocycles. The van der Waals surface area contributed by atoms with Gasteiger partial charge in [-0.25, -0.2) is 13.6 Å². The molecule has 0 saturated heterocycles. The second-order valence-corrected chi connectivity index (χ2v) is 5.73. The van der Waals surface area contributed by atoms with Gasteiger partial charge >= 0.3 is 5.97 Å². The Kier molecular flexibility index (Phi) is 7.40. The van der Waals surface area contributed by atoms with E-state index in [1.54, 1.807) is 0 Å². The van der Waals surface area contributed by atoms with Gasteiger partial charge in [0.25, 0.3) is 11.8 Å². The minimum atomic E-state index is -1.13. The molecular formula is C18H17F2N3O6. The Labute approximate surface area is 163 Å². The van der Waals surface area contributed by atoms with Crippen LogP contribution in [0.5, 0.6) is 0 Å². The standard InChI is InChI=1S/C18H17F2N3O6/c1-10(22-17(26)14-3-2-6-28-14)18(27)29-9-16(25)21-8-15(24)23-11-4-5-12(19)13(20)7-11/h2-7,10H,8-9H2,1H3,(H,21,25)(H,22,26)(H,23,24). The third-order valence-electron chi connectivity index (χ3n) is 3.44. The first-order valence-electron chi connectivity index (χ1n) is 8.29. The molecular weight excluding hydrogens is 392 g/mol. The highest BCUT2D eigenvalue weighted by Gasteiger charge is 2.20. The van der Waals surface area contributed by atoms with Gasteiger partial charge < -0.3 is 25.1 Å². The summed E-state index contributed by atoms with van der Waals surface area (Å²) in [5.74, 6) is -5.16. The summed E-state index contributed by atoms with van der Waals surface area (Å²) in [5, 5.41) is 6.78. The number of halogens is 2. The lowest BCUT2D eigenvalue weighted by Crippen LogP contribution is -2.41. The minimum Gasteiger partial charge on any atom is -0.459 e. The number of esters is 1. The molecule has 2 aromatic rings. The van der Waals surface area contributed by atoms with Gasteiger partial charge in [-0.1, -0.05) is 0 Å². The number of hydrogen-bond donors (Lipinski definition) is 3. The fourth-order valence-electron chi connectivity index (χ4n) is 2.01. The van der Waals surface area contributed by atoms with Crippen molar-refractivity contribution in [2.75, 3.05) is 18.5 Å². The predicted octanol–water partition coefficient (Wildman–Crippen LogP) is 0.974. The molecule has 3 amide bonds. The van der Waals surface area contributed by atoms with Gasteiger partial charge in [0.1, 0.15) is 6.04 Å². The summed E-state index contributed by atoms with van der Waals surface area (Å²) >= 11 is 0. The van der Waals surface area contributed by atoms with E-state index in [4.69, 9.17) is 9.15 Å². The second-order valence-electron chi connectivity index (χ2n) is 5.73. The number of rotatable bonds is 8. The van der Waals surface area contributed by atoms with Crippen molar-refractivity contribution in [2.45, 2.75) is 13.0 Å². The number of hydrogen-bond acceptors (Lipinski definition) is 6. The van der Waals surface area contributed by atoms with Crippen LogP contribution >= 0.6 is 0 Å². The maximum atomic E-state index is 13.1. The van der Waals surface area contributed by atoms with E-state index in [9.17, 15) is 28.0 Å². The number of carbonyl (C=O) groups excluding carboxylic acids is 4. The van der Waals surface area contributed by atoms with Gasteiger partial charge in [0.05, 0.1) is 12.8 Å². The molecule has 0 aliphatic rings. The van der Waals surface area contributed by atoms with E-state index in [2.05, 4.69) is 16.0 Å². The topological polar surface area (TPSA) is 127 Å². The van der Waals surface area contributed by atoms with E-state index in [0.29, 0.717) is 0 Å². The lowest BCUT2D eigenvalue weighted by Gasteiger charge is -2.12. The number of nitrogens with one attached hydrogen (secondary N) is 3. The van der Waals surface area contributed by atoms with Crippen LogP contribution in [0.15, 0.2) is 41.0 Å². The van der Waals surface area contributed by atoms with Gasteiger partial charge in [-0.05, 0) is 31.2 Å². The Morgan fingerprint density at radius 1 is 1.10 bits per heavy atom. The molecule has 1 unspecified atom stereocenters. The number of carbonyl (C=O) groups is 4. The maximum absolute atomic E-state index is 13.1. The molecule has 9 nitrogen and oxygen atoms in total. The van der Waals surface area contributed by atoms with Crippen molar-refractivity contribution in [2.24, 2.45) is 0 Å². The van der Waals surface area contributed by atoms with E-state index < -0.39 is 54.5 Å². The number of benzene rings is 1. The summed E-state index contributed by atoms with van der Waals surface area (Å²) in [6.07, 6.45) is 1.30. The van der Waals surface area contributed by atoms with Crippen LogP contribution in [0.3, 0.4) is 0 Å². The fourth-order valence-corrected chi connectivity index (χ4v) is 2.01. The largest absolute Gasteiger partial charge is 0.459 e. The SMILES string of the molecule is CC(NC(=O)c1ccco1)C(=O)OCC(=O)NCC(=O)Nc1ccc(F)c(F)c1. The molecule has 11 heteroatoms. The van der Waals surface area contributed by atoms with Crippen molar-refractivity contribution in [3.63, 3.8) is 0 Å². The van der Waals surface area contributed by atoms with Crippen LogP contribution in [0, 0.1) is 11.6 Å². The minimum absolute atomic E-state index is 0.00874. The van der Waals surface area contributed by atoms with Gasteiger partial charge in [0, 0.05) is 11.8 Å². The molecule has 0 radical (unpaired) electrons. The summed E-state index contributed by atoms with van der Waals surface area (Å²) in [7, 11) is 0. The van der Waals surface area contributed by atoms with Crippen molar-refractivity contribution in [3.8, 4) is 0 Å². The van der Waals surface area contributed by atoms with Crippen molar-refractivity contribution >= 4 is 29.4 Å².